The van der Waals surface area contributed by atoms with Crippen LogP contribution < -0.4 is 4.72 Å². The number of hydrogen-bond acceptors (Lipinski definition) is 3. The van der Waals surface area contributed by atoms with Gasteiger partial charge >= 0.3 is 0 Å². The number of aliphatic hydroxyl groups is 1. The van der Waals surface area contributed by atoms with Gasteiger partial charge in [-0.3, -0.25) is 0 Å². The molecule has 0 aliphatic heterocycles. The summed E-state index contributed by atoms with van der Waals surface area (Å²) in [5.74, 6) is -0.933. The second kappa shape index (κ2) is 5.24. The maximum Gasteiger partial charge on any atom is 0.244 e. The summed E-state index contributed by atoms with van der Waals surface area (Å²) in [6.07, 6.45) is 0. The molecule has 1 aromatic carbocycles. The third-order valence-electron chi connectivity index (χ3n) is 1.98. The lowest BCUT2D eigenvalue weighted by atomic mass is 10.1. The second-order valence-electron chi connectivity index (χ2n) is 4.89. The van der Waals surface area contributed by atoms with Crippen LogP contribution in [0.25, 0.3) is 0 Å². The van der Waals surface area contributed by atoms with Crippen LogP contribution in [0, 0.1) is 5.82 Å². The van der Waals surface area contributed by atoms with E-state index < -0.39 is 32.9 Å². The van der Waals surface area contributed by atoms with E-state index in [4.69, 9.17) is 5.11 Å². The van der Waals surface area contributed by atoms with Gasteiger partial charge in [0.25, 0.3) is 0 Å². The zero-order valence-electron chi connectivity index (χ0n) is 10.3. The molecule has 0 fully saturated rings. The van der Waals surface area contributed by atoms with Crippen molar-refractivity contribution in [2.45, 2.75) is 37.8 Å². The Labute approximate surface area is 114 Å². The summed E-state index contributed by atoms with van der Waals surface area (Å²) in [6.45, 7) is 4.41. The lowest BCUT2D eigenvalue weighted by Gasteiger charge is -2.21. The van der Waals surface area contributed by atoms with Crippen LogP contribution in [-0.2, 0) is 16.6 Å². The first kappa shape index (κ1) is 15.6. The van der Waals surface area contributed by atoms with Crippen molar-refractivity contribution in [2.75, 3.05) is 0 Å². The van der Waals surface area contributed by atoms with Crippen molar-refractivity contribution in [1.82, 2.24) is 4.72 Å². The third-order valence-corrected chi connectivity index (χ3v) is 4.19. The number of halogens is 2. The summed E-state index contributed by atoms with van der Waals surface area (Å²) in [4.78, 5) is -0.476. The van der Waals surface area contributed by atoms with Gasteiger partial charge in [0.1, 0.15) is 10.7 Å². The van der Waals surface area contributed by atoms with Crippen LogP contribution in [-0.4, -0.2) is 19.1 Å². The first-order valence-electron chi connectivity index (χ1n) is 5.19. The van der Waals surface area contributed by atoms with E-state index in [1.54, 1.807) is 20.8 Å². The Morgan fingerprint density at radius 1 is 1.39 bits per heavy atom. The Hall–Kier alpha value is -0.500. The SMILES string of the molecule is CC(C)(C)NS(=O)(=O)c1cc(Br)cc(CO)c1F. The van der Waals surface area contributed by atoms with Crippen molar-refractivity contribution in [1.29, 1.82) is 0 Å². The summed E-state index contributed by atoms with van der Waals surface area (Å²) in [7, 11) is -3.97. The van der Waals surface area contributed by atoms with Gasteiger partial charge in [0.2, 0.25) is 10.0 Å². The molecule has 0 heterocycles. The van der Waals surface area contributed by atoms with E-state index in [0.717, 1.165) is 0 Å². The molecule has 2 N–H and O–H groups in total. The molecule has 0 amide bonds. The van der Waals surface area contributed by atoms with Crippen molar-refractivity contribution < 1.29 is 17.9 Å². The molecule has 0 radical (unpaired) electrons. The molecular formula is C11H15BrFNO3S. The fraction of sp³-hybridized carbons (Fsp3) is 0.455. The van der Waals surface area contributed by atoms with E-state index >= 15 is 0 Å². The highest BCUT2D eigenvalue weighted by molar-refractivity contribution is 9.10. The Balaban J connectivity index is 3.37. The zero-order valence-corrected chi connectivity index (χ0v) is 12.7. The van der Waals surface area contributed by atoms with Crippen LogP contribution >= 0.6 is 15.9 Å². The number of benzene rings is 1. The van der Waals surface area contributed by atoms with Crippen LogP contribution in [0.15, 0.2) is 21.5 Å². The normalized spacial score (nSPS) is 12.8. The van der Waals surface area contributed by atoms with Gasteiger partial charge in [-0.25, -0.2) is 17.5 Å². The van der Waals surface area contributed by atoms with Crippen LogP contribution in [0.3, 0.4) is 0 Å². The number of rotatable bonds is 3. The minimum absolute atomic E-state index is 0.0707. The molecule has 0 saturated heterocycles. The number of sulfonamides is 1. The number of aliphatic hydroxyl groups excluding tert-OH is 1. The van der Waals surface area contributed by atoms with Gasteiger partial charge in [0.15, 0.2) is 0 Å². The maximum atomic E-state index is 13.9. The maximum absolute atomic E-state index is 13.9. The highest BCUT2D eigenvalue weighted by Gasteiger charge is 2.26. The molecule has 4 nitrogen and oxygen atoms in total. The Bertz CT molecular complexity index is 552. The standard InChI is InChI=1S/C11H15BrFNO3S/c1-11(2,3)14-18(16,17)9-5-8(12)4-7(6-15)10(9)13/h4-5,14-15H,6H2,1-3H3. The van der Waals surface area contributed by atoms with E-state index in [1.165, 1.54) is 12.1 Å². The monoisotopic (exact) mass is 339 g/mol. The predicted octanol–water partition coefficient (Wildman–Crippen LogP) is 2.16. The smallest absolute Gasteiger partial charge is 0.244 e. The highest BCUT2D eigenvalue weighted by Crippen LogP contribution is 2.25. The van der Waals surface area contributed by atoms with Crippen LogP contribution in [0.1, 0.15) is 26.3 Å². The molecular weight excluding hydrogens is 325 g/mol. The largest absolute Gasteiger partial charge is 0.392 e. The second-order valence-corrected chi connectivity index (χ2v) is 7.46. The number of hydrogen-bond donors (Lipinski definition) is 2. The molecule has 0 atom stereocenters. The Morgan fingerprint density at radius 2 is 1.94 bits per heavy atom. The van der Waals surface area contributed by atoms with Gasteiger partial charge in [-0.15, -0.1) is 0 Å². The number of nitrogens with one attached hydrogen (secondary N) is 1. The molecule has 7 heteroatoms. The molecule has 1 rings (SSSR count). The summed E-state index contributed by atoms with van der Waals surface area (Å²) in [5.41, 5.74) is -0.786. The molecule has 0 unspecified atom stereocenters. The predicted molar refractivity (Wildman–Crippen MR) is 70.1 cm³/mol. The summed E-state index contributed by atoms with van der Waals surface area (Å²) < 4.78 is 40.7. The Kier molecular flexibility index (Phi) is 4.53. The van der Waals surface area contributed by atoms with Gasteiger partial charge in [0, 0.05) is 15.6 Å². The minimum Gasteiger partial charge on any atom is -0.392 e. The third kappa shape index (κ3) is 3.74. The van der Waals surface area contributed by atoms with E-state index in [1.807, 2.05) is 0 Å². The van der Waals surface area contributed by atoms with Crippen molar-refractivity contribution >= 4 is 26.0 Å². The Morgan fingerprint density at radius 3 is 2.39 bits per heavy atom. The van der Waals surface area contributed by atoms with Gasteiger partial charge in [-0.05, 0) is 32.9 Å². The quantitative estimate of drug-likeness (QED) is 0.886. The summed E-state index contributed by atoms with van der Waals surface area (Å²) in [5, 5.41) is 8.99. The molecule has 0 aliphatic rings. The first-order valence-corrected chi connectivity index (χ1v) is 7.47. The molecule has 102 valence electrons. The van der Waals surface area contributed by atoms with Crippen LogP contribution in [0.5, 0.6) is 0 Å². The van der Waals surface area contributed by atoms with Gasteiger partial charge in [-0.1, -0.05) is 15.9 Å². The summed E-state index contributed by atoms with van der Waals surface area (Å²) in [6, 6.07) is 2.51. The fourth-order valence-corrected chi connectivity index (χ4v) is 3.61. The summed E-state index contributed by atoms with van der Waals surface area (Å²) >= 11 is 3.09. The van der Waals surface area contributed by atoms with Gasteiger partial charge < -0.3 is 5.11 Å². The van der Waals surface area contributed by atoms with Gasteiger partial charge in [0.05, 0.1) is 6.61 Å². The van der Waals surface area contributed by atoms with Gasteiger partial charge in [-0.2, -0.15) is 0 Å². The first-order chi connectivity index (χ1) is 8.07. The zero-order chi connectivity index (χ0) is 14.1. The van der Waals surface area contributed by atoms with Crippen LogP contribution in [0.2, 0.25) is 0 Å². The average molecular weight is 340 g/mol. The molecule has 0 saturated carbocycles. The molecule has 0 bridgehead atoms. The van der Waals surface area contributed by atoms with Crippen LogP contribution in [0.4, 0.5) is 4.39 Å². The molecule has 0 aliphatic carbocycles. The highest BCUT2D eigenvalue weighted by atomic mass is 79.9. The van der Waals surface area contributed by atoms with E-state index in [9.17, 15) is 12.8 Å². The van der Waals surface area contributed by atoms with E-state index in [2.05, 4.69) is 20.7 Å². The molecule has 0 spiro atoms. The molecule has 1 aromatic rings. The van der Waals surface area contributed by atoms with Crippen molar-refractivity contribution in [2.24, 2.45) is 0 Å². The van der Waals surface area contributed by atoms with E-state index in [0.29, 0.717) is 4.47 Å². The lowest BCUT2D eigenvalue weighted by Crippen LogP contribution is -2.40. The molecule has 18 heavy (non-hydrogen) atoms. The van der Waals surface area contributed by atoms with Crippen molar-refractivity contribution in [3.05, 3.63) is 28.0 Å². The van der Waals surface area contributed by atoms with Crippen molar-refractivity contribution in [3.8, 4) is 0 Å². The lowest BCUT2D eigenvalue weighted by molar-refractivity contribution is 0.274. The minimum atomic E-state index is -3.97. The fourth-order valence-electron chi connectivity index (χ4n) is 1.39. The van der Waals surface area contributed by atoms with E-state index in [-0.39, 0.29) is 5.56 Å². The van der Waals surface area contributed by atoms with Crippen molar-refractivity contribution in [3.63, 3.8) is 0 Å². The average Bonchev–Trinajstić information content (AvgIpc) is 2.17. The topological polar surface area (TPSA) is 66.4 Å². The molecule has 0 aromatic heterocycles.